The SMILES string of the molecule is CCCCc1c(CCCC)c2cc(F)ccc2n(C)c1=O. The number of hydrogen-bond donors (Lipinski definition) is 0. The third-order valence-electron chi connectivity index (χ3n) is 4.13. The molecule has 0 aliphatic heterocycles. The monoisotopic (exact) mass is 289 g/mol. The Morgan fingerprint density at radius 3 is 2.29 bits per heavy atom. The van der Waals surface area contributed by atoms with E-state index >= 15 is 0 Å². The van der Waals surface area contributed by atoms with E-state index in [1.807, 2.05) is 0 Å². The smallest absolute Gasteiger partial charge is 0.254 e. The van der Waals surface area contributed by atoms with Gasteiger partial charge in [-0.25, -0.2) is 4.39 Å². The predicted octanol–water partition coefficient (Wildman–Crippen LogP) is 4.36. The fraction of sp³-hybridized carbons (Fsp3) is 0.500. The average molecular weight is 289 g/mol. The molecule has 0 aliphatic carbocycles. The van der Waals surface area contributed by atoms with E-state index in [-0.39, 0.29) is 11.4 Å². The van der Waals surface area contributed by atoms with Gasteiger partial charge >= 0.3 is 0 Å². The zero-order valence-electron chi connectivity index (χ0n) is 13.2. The van der Waals surface area contributed by atoms with E-state index in [1.54, 1.807) is 23.7 Å². The second kappa shape index (κ2) is 6.88. The second-order valence-electron chi connectivity index (χ2n) is 5.69. The van der Waals surface area contributed by atoms with Crippen molar-refractivity contribution in [2.24, 2.45) is 7.05 Å². The molecule has 0 aliphatic rings. The third kappa shape index (κ3) is 3.17. The molecule has 1 aromatic carbocycles. The number of benzene rings is 1. The molecule has 0 amide bonds. The van der Waals surface area contributed by atoms with E-state index in [4.69, 9.17) is 0 Å². The molecule has 3 heteroatoms. The highest BCUT2D eigenvalue weighted by Crippen LogP contribution is 2.24. The summed E-state index contributed by atoms with van der Waals surface area (Å²) in [6, 6.07) is 4.72. The van der Waals surface area contributed by atoms with Gasteiger partial charge in [-0.1, -0.05) is 26.7 Å². The van der Waals surface area contributed by atoms with Gasteiger partial charge in [-0.05, 0) is 49.4 Å². The molecule has 1 aromatic heterocycles. The molecule has 0 fully saturated rings. The molecular formula is C18H24FNO. The summed E-state index contributed by atoms with van der Waals surface area (Å²) in [4.78, 5) is 12.6. The Kier molecular flexibility index (Phi) is 5.16. The number of halogens is 1. The number of aryl methyl sites for hydroxylation is 2. The standard InChI is InChI=1S/C18H24FNO/c1-4-6-8-14-15(9-7-5-2)18(21)20(3)17-11-10-13(19)12-16(14)17/h10-12H,4-9H2,1-3H3. The van der Waals surface area contributed by atoms with Crippen molar-refractivity contribution in [3.8, 4) is 0 Å². The Balaban J connectivity index is 2.72. The van der Waals surface area contributed by atoms with Gasteiger partial charge in [0.15, 0.2) is 0 Å². The number of hydrogen-bond acceptors (Lipinski definition) is 1. The Labute approximate surface area is 125 Å². The summed E-state index contributed by atoms with van der Waals surface area (Å²) in [5, 5.41) is 0.900. The Bertz CT molecular complexity index is 688. The number of nitrogens with zero attached hydrogens (tertiary/aromatic N) is 1. The molecule has 2 nitrogen and oxygen atoms in total. The van der Waals surface area contributed by atoms with Crippen molar-refractivity contribution in [2.45, 2.75) is 52.4 Å². The van der Waals surface area contributed by atoms with Gasteiger partial charge in [0.25, 0.3) is 5.56 Å². The molecule has 21 heavy (non-hydrogen) atoms. The van der Waals surface area contributed by atoms with Gasteiger partial charge in [0, 0.05) is 18.0 Å². The van der Waals surface area contributed by atoms with Crippen LogP contribution in [0.2, 0.25) is 0 Å². The average Bonchev–Trinajstić information content (AvgIpc) is 2.48. The van der Waals surface area contributed by atoms with Crippen LogP contribution in [0.3, 0.4) is 0 Å². The number of pyridine rings is 1. The lowest BCUT2D eigenvalue weighted by atomic mass is 9.95. The highest BCUT2D eigenvalue weighted by molar-refractivity contribution is 5.83. The number of fused-ring (bicyclic) bond motifs is 1. The maximum atomic E-state index is 13.7. The molecule has 2 aromatic rings. The minimum Gasteiger partial charge on any atom is -0.311 e. The van der Waals surface area contributed by atoms with Crippen LogP contribution in [0.4, 0.5) is 4.39 Å². The fourth-order valence-corrected chi connectivity index (χ4v) is 2.90. The minimum atomic E-state index is -0.236. The zero-order valence-corrected chi connectivity index (χ0v) is 13.2. The molecular weight excluding hydrogens is 265 g/mol. The molecule has 114 valence electrons. The first kappa shape index (κ1) is 15.7. The zero-order chi connectivity index (χ0) is 15.4. The summed E-state index contributed by atoms with van der Waals surface area (Å²) in [6.07, 6.45) is 5.78. The Morgan fingerprint density at radius 1 is 1.05 bits per heavy atom. The van der Waals surface area contributed by atoms with Crippen LogP contribution in [-0.2, 0) is 19.9 Å². The van der Waals surface area contributed by atoms with Crippen LogP contribution in [-0.4, -0.2) is 4.57 Å². The summed E-state index contributed by atoms with van der Waals surface area (Å²) in [7, 11) is 1.78. The summed E-state index contributed by atoms with van der Waals surface area (Å²) in [5.41, 5.74) is 2.84. The van der Waals surface area contributed by atoms with Gasteiger partial charge in [0.1, 0.15) is 5.82 Å². The normalized spacial score (nSPS) is 11.2. The predicted molar refractivity (Wildman–Crippen MR) is 86.4 cm³/mol. The van der Waals surface area contributed by atoms with Crippen molar-refractivity contribution in [3.63, 3.8) is 0 Å². The largest absolute Gasteiger partial charge is 0.311 e. The minimum absolute atomic E-state index is 0.0775. The maximum absolute atomic E-state index is 13.7. The van der Waals surface area contributed by atoms with Crippen molar-refractivity contribution in [1.82, 2.24) is 4.57 Å². The first-order valence-electron chi connectivity index (χ1n) is 7.90. The molecule has 0 N–H and O–H groups in total. The van der Waals surface area contributed by atoms with E-state index in [0.717, 1.165) is 60.6 Å². The van der Waals surface area contributed by atoms with Gasteiger partial charge in [-0.2, -0.15) is 0 Å². The van der Waals surface area contributed by atoms with Crippen LogP contribution in [0, 0.1) is 5.82 Å². The quantitative estimate of drug-likeness (QED) is 0.774. The highest BCUT2D eigenvalue weighted by Gasteiger charge is 2.15. The number of rotatable bonds is 6. The third-order valence-corrected chi connectivity index (χ3v) is 4.13. The van der Waals surface area contributed by atoms with E-state index in [9.17, 15) is 9.18 Å². The van der Waals surface area contributed by atoms with Crippen LogP contribution in [0.1, 0.15) is 50.7 Å². The Morgan fingerprint density at radius 2 is 1.67 bits per heavy atom. The van der Waals surface area contributed by atoms with Crippen LogP contribution >= 0.6 is 0 Å². The van der Waals surface area contributed by atoms with Crippen LogP contribution < -0.4 is 5.56 Å². The number of aromatic nitrogens is 1. The molecule has 0 spiro atoms. The van der Waals surface area contributed by atoms with Crippen LogP contribution in [0.5, 0.6) is 0 Å². The second-order valence-corrected chi connectivity index (χ2v) is 5.69. The lowest BCUT2D eigenvalue weighted by Gasteiger charge is -2.15. The molecule has 0 radical (unpaired) electrons. The molecule has 0 atom stereocenters. The molecule has 1 heterocycles. The van der Waals surface area contributed by atoms with Gasteiger partial charge in [-0.15, -0.1) is 0 Å². The lowest BCUT2D eigenvalue weighted by molar-refractivity contribution is 0.629. The topological polar surface area (TPSA) is 22.0 Å². The molecule has 0 unspecified atom stereocenters. The maximum Gasteiger partial charge on any atom is 0.254 e. The van der Waals surface area contributed by atoms with E-state index < -0.39 is 0 Å². The summed E-state index contributed by atoms with van der Waals surface area (Å²) >= 11 is 0. The van der Waals surface area contributed by atoms with Crippen molar-refractivity contribution in [1.29, 1.82) is 0 Å². The van der Waals surface area contributed by atoms with Gasteiger partial charge in [0.05, 0.1) is 5.52 Å². The van der Waals surface area contributed by atoms with Gasteiger partial charge < -0.3 is 4.57 Å². The Hall–Kier alpha value is -1.64. The highest BCUT2D eigenvalue weighted by atomic mass is 19.1. The van der Waals surface area contributed by atoms with E-state index in [0.29, 0.717) is 0 Å². The van der Waals surface area contributed by atoms with Crippen molar-refractivity contribution in [3.05, 3.63) is 45.5 Å². The first-order valence-corrected chi connectivity index (χ1v) is 7.90. The van der Waals surface area contributed by atoms with Crippen LogP contribution in [0.25, 0.3) is 10.9 Å². The fourth-order valence-electron chi connectivity index (χ4n) is 2.90. The van der Waals surface area contributed by atoms with Crippen molar-refractivity contribution < 1.29 is 4.39 Å². The van der Waals surface area contributed by atoms with Crippen molar-refractivity contribution in [2.75, 3.05) is 0 Å². The summed E-state index contributed by atoms with van der Waals surface area (Å²) in [5.74, 6) is -0.236. The van der Waals surface area contributed by atoms with Gasteiger partial charge in [-0.3, -0.25) is 4.79 Å². The molecule has 0 bridgehead atoms. The molecule has 2 rings (SSSR count). The van der Waals surface area contributed by atoms with E-state index in [1.165, 1.54) is 6.07 Å². The van der Waals surface area contributed by atoms with Crippen LogP contribution in [0.15, 0.2) is 23.0 Å². The molecule has 0 saturated heterocycles. The van der Waals surface area contributed by atoms with Gasteiger partial charge in [0.2, 0.25) is 0 Å². The number of unbranched alkanes of at least 4 members (excludes halogenated alkanes) is 2. The molecule has 0 saturated carbocycles. The lowest BCUT2D eigenvalue weighted by Crippen LogP contribution is -2.24. The van der Waals surface area contributed by atoms with Crippen molar-refractivity contribution >= 4 is 10.9 Å². The van der Waals surface area contributed by atoms with E-state index in [2.05, 4.69) is 13.8 Å². The first-order chi connectivity index (χ1) is 10.1. The summed E-state index contributed by atoms with van der Waals surface area (Å²) < 4.78 is 15.3. The summed E-state index contributed by atoms with van der Waals surface area (Å²) in [6.45, 7) is 4.26.